The van der Waals surface area contributed by atoms with Crippen LogP contribution in [0.5, 0.6) is 0 Å². The standard InChI is InChI=1S/C17H16O2/c18-16(12-11-14-7-3-1-4-8-14)13-17(19)15-9-5-2-6-10-15/h1-12,17,19H,13H2/b12-11+/t17-/m1/s1. The van der Waals surface area contributed by atoms with Gasteiger partial charge in [0.25, 0.3) is 0 Å². The molecule has 0 unspecified atom stereocenters. The molecule has 96 valence electrons. The van der Waals surface area contributed by atoms with E-state index in [0.29, 0.717) is 0 Å². The number of aliphatic hydroxyl groups is 1. The van der Waals surface area contributed by atoms with Crippen LogP contribution in [-0.4, -0.2) is 10.9 Å². The van der Waals surface area contributed by atoms with Gasteiger partial charge in [-0.1, -0.05) is 66.7 Å². The number of aliphatic hydroxyl groups excluding tert-OH is 1. The summed E-state index contributed by atoms with van der Waals surface area (Å²) in [4.78, 5) is 11.8. The molecular formula is C17H16O2. The van der Waals surface area contributed by atoms with E-state index in [4.69, 9.17) is 0 Å². The second kappa shape index (κ2) is 6.66. The van der Waals surface area contributed by atoms with E-state index in [9.17, 15) is 9.90 Å². The highest BCUT2D eigenvalue weighted by molar-refractivity contribution is 5.93. The van der Waals surface area contributed by atoms with Crippen LogP contribution in [0.1, 0.15) is 23.7 Å². The minimum absolute atomic E-state index is 0.0831. The van der Waals surface area contributed by atoms with Crippen molar-refractivity contribution in [2.45, 2.75) is 12.5 Å². The Morgan fingerprint density at radius 2 is 1.58 bits per heavy atom. The Labute approximate surface area is 113 Å². The van der Waals surface area contributed by atoms with Crippen LogP contribution in [0.25, 0.3) is 6.08 Å². The Morgan fingerprint density at radius 1 is 1.00 bits per heavy atom. The molecule has 2 aromatic rings. The molecule has 0 saturated carbocycles. The molecule has 0 saturated heterocycles. The summed E-state index contributed by atoms with van der Waals surface area (Å²) >= 11 is 0. The van der Waals surface area contributed by atoms with Crippen LogP contribution < -0.4 is 0 Å². The fourth-order valence-corrected chi connectivity index (χ4v) is 1.80. The Balaban J connectivity index is 1.93. The number of carbonyl (C=O) groups excluding carboxylic acids is 1. The highest BCUT2D eigenvalue weighted by Gasteiger charge is 2.10. The number of rotatable bonds is 5. The molecule has 0 fully saturated rings. The molecule has 2 aromatic carbocycles. The molecule has 0 amide bonds. The van der Waals surface area contributed by atoms with Crippen molar-refractivity contribution in [3.63, 3.8) is 0 Å². The molecule has 2 nitrogen and oxygen atoms in total. The zero-order valence-corrected chi connectivity index (χ0v) is 10.6. The van der Waals surface area contributed by atoms with E-state index in [2.05, 4.69) is 0 Å². The molecule has 0 bridgehead atoms. The van der Waals surface area contributed by atoms with Crippen molar-refractivity contribution in [3.8, 4) is 0 Å². The fourth-order valence-electron chi connectivity index (χ4n) is 1.80. The van der Waals surface area contributed by atoms with Gasteiger partial charge >= 0.3 is 0 Å². The molecule has 0 aliphatic heterocycles. The van der Waals surface area contributed by atoms with Crippen molar-refractivity contribution in [2.75, 3.05) is 0 Å². The number of hydrogen-bond donors (Lipinski definition) is 1. The van der Waals surface area contributed by atoms with Gasteiger partial charge in [0.2, 0.25) is 0 Å². The van der Waals surface area contributed by atoms with Crippen LogP contribution in [-0.2, 0) is 4.79 Å². The van der Waals surface area contributed by atoms with Crippen LogP contribution in [0, 0.1) is 0 Å². The maximum atomic E-state index is 11.8. The summed E-state index contributed by atoms with van der Waals surface area (Å²) in [6, 6.07) is 18.8. The third-order valence-corrected chi connectivity index (χ3v) is 2.84. The minimum Gasteiger partial charge on any atom is -0.388 e. The summed E-state index contributed by atoms with van der Waals surface area (Å²) in [5, 5.41) is 9.93. The van der Waals surface area contributed by atoms with Crippen LogP contribution in [0.4, 0.5) is 0 Å². The van der Waals surface area contributed by atoms with E-state index in [1.807, 2.05) is 60.7 Å². The van der Waals surface area contributed by atoms with Gasteiger partial charge in [-0.2, -0.15) is 0 Å². The first-order valence-corrected chi connectivity index (χ1v) is 6.24. The Hall–Kier alpha value is -2.19. The molecule has 2 rings (SSSR count). The predicted molar refractivity (Wildman–Crippen MR) is 76.5 cm³/mol. The number of benzene rings is 2. The van der Waals surface area contributed by atoms with E-state index < -0.39 is 6.10 Å². The van der Waals surface area contributed by atoms with Crippen molar-refractivity contribution in [2.24, 2.45) is 0 Å². The number of ketones is 1. The van der Waals surface area contributed by atoms with Gasteiger partial charge in [-0.3, -0.25) is 4.79 Å². The molecule has 1 N–H and O–H groups in total. The molecule has 0 heterocycles. The van der Waals surface area contributed by atoms with Gasteiger partial charge < -0.3 is 5.11 Å². The van der Waals surface area contributed by atoms with Crippen molar-refractivity contribution in [3.05, 3.63) is 77.9 Å². The molecule has 0 aromatic heterocycles. The first-order chi connectivity index (χ1) is 9.25. The largest absolute Gasteiger partial charge is 0.388 e. The molecule has 19 heavy (non-hydrogen) atoms. The van der Waals surface area contributed by atoms with Crippen LogP contribution >= 0.6 is 0 Å². The second-order valence-corrected chi connectivity index (χ2v) is 4.34. The highest BCUT2D eigenvalue weighted by Crippen LogP contribution is 2.16. The van der Waals surface area contributed by atoms with Crippen LogP contribution in [0.15, 0.2) is 66.7 Å². The maximum Gasteiger partial charge on any atom is 0.158 e. The lowest BCUT2D eigenvalue weighted by molar-refractivity contribution is -0.116. The summed E-state index contributed by atoms with van der Waals surface area (Å²) in [6.07, 6.45) is 2.64. The highest BCUT2D eigenvalue weighted by atomic mass is 16.3. The molecular weight excluding hydrogens is 236 g/mol. The quantitative estimate of drug-likeness (QED) is 0.828. The van der Waals surface area contributed by atoms with Crippen molar-refractivity contribution in [1.82, 2.24) is 0 Å². The number of carbonyl (C=O) groups is 1. The van der Waals surface area contributed by atoms with E-state index >= 15 is 0 Å². The second-order valence-electron chi connectivity index (χ2n) is 4.34. The van der Waals surface area contributed by atoms with Gasteiger partial charge in [-0.15, -0.1) is 0 Å². The van der Waals surface area contributed by atoms with Crippen LogP contribution in [0.3, 0.4) is 0 Å². The summed E-state index contributed by atoms with van der Waals surface area (Å²) in [6.45, 7) is 0. The Kier molecular flexibility index (Phi) is 4.65. The lowest BCUT2D eigenvalue weighted by Crippen LogP contribution is -2.03. The summed E-state index contributed by atoms with van der Waals surface area (Å²) in [5.41, 5.74) is 1.74. The summed E-state index contributed by atoms with van der Waals surface area (Å²) < 4.78 is 0. The summed E-state index contributed by atoms with van der Waals surface area (Å²) in [5.74, 6) is -0.0831. The lowest BCUT2D eigenvalue weighted by atomic mass is 10.0. The van der Waals surface area contributed by atoms with Gasteiger partial charge in [-0.25, -0.2) is 0 Å². The number of allylic oxidation sites excluding steroid dienone is 1. The van der Waals surface area contributed by atoms with Crippen molar-refractivity contribution in [1.29, 1.82) is 0 Å². The zero-order chi connectivity index (χ0) is 13.5. The monoisotopic (exact) mass is 252 g/mol. The zero-order valence-electron chi connectivity index (χ0n) is 10.6. The third kappa shape index (κ3) is 4.19. The van der Waals surface area contributed by atoms with Gasteiger partial charge in [0.15, 0.2) is 5.78 Å². The van der Waals surface area contributed by atoms with Gasteiger partial charge in [0.1, 0.15) is 0 Å². The molecule has 1 atom stereocenters. The SMILES string of the molecule is O=C(/C=C/c1ccccc1)C[C@@H](O)c1ccccc1. The Morgan fingerprint density at radius 3 is 2.21 bits per heavy atom. The van der Waals surface area contributed by atoms with Gasteiger partial charge in [-0.05, 0) is 17.2 Å². The molecule has 2 heteroatoms. The molecule has 0 spiro atoms. The van der Waals surface area contributed by atoms with Crippen molar-refractivity contribution < 1.29 is 9.90 Å². The lowest BCUT2D eigenvalue weighted by Gasteiger charge is -2.08. The first kappa shape index (κ1) is 13.2. The minimum atomic E-state index is -0.742. The fraction of sp³-hybridized carbons (Fsp3) is 0.118. The van der Waals surface area contributed by atoms with Crippen molar-refractivity contribution >= 4 is 11.9 Å². The van der Waals surface area contributed by atoms with Crippen LogP contribution in [0.2, 0.25) is 0 Å². The smallest absolute Gasteiger partial charge is 0.158 e. The summed E-state index contributed by atoms with van der Waals surface area (Å²) in [7, 11) is 0. The van der Waals surface area contributed by atoms with E-state index in [1.165, 1.54) is 6.08 Å². The van der Waals surface area contributed by atoms with Gasteiger partial charge in [0.05, 0.1) is 6.10 Å². The van der Waals surface area contributed by atoms with E-state index in [-0.39, 0.29) is 12.2 Å². The normalized spacial score (nSPS) is 12.5. The topological polar surface area (TPSA) is 37.3 Å². The number of hydrogen-bond acceptors (Lipinski definition) is 2. The Bertz CT molecular complexity index is 544. The molecule has 0 radical (unpaired) electrons. The van der Waals surface area contributed by atoms with Gasteiger partial charge in [0, 0.05) is 6.42 Å². The average Bonchev–Trinajstić information content (AvgIpc) is 2.47. The van der Waals surface area contributed by atoms with E-state index in [0.717, 1.165) is 11.1 Å². The first-order valence-electron chi connectivity index (χ1n) is 6.24. The maximum absolute atomic E-state index is 11.8. The third-order valence-electron chi connectivity index (χ3n) is 2.84. The average molecular weight is 252 g/mol. The van der Waals surface area contributed by atoms with E-state index in [1.54, 1.807) is 6.08 Å². The predicted octanol–water partition coefficient (Wildman–Crippen LogP) is 3.39. The molecule has 0 aliphatic carbocycles. The molecule has 0 aliphatic rings.